The van der Waals surface area contributed by atoms with Gasteiger partial charge in [-0.05, 0) is 42.5 Å². The molecule has 2 rings (SSSR count). The summed E-state index contributed by atoms with van der Waals surface area (Å²) in [6.07, 6.45) is 2.42. The minimum absolute atomic E-state index is 0.714. The summed E-state index contributed by atoms with van der Waals surface area (Å²) in [6.45, 7) is 6.87. The molecule has 1 aliphatic heterocycles. The van der Waals surface area contributed by atoms with Crippen LogP contribution < -0.4 is 4.90 Å². The van der Waals surface area contributed by atoms with E-state index in [1.54, 1.807) is 0 Å². The summed E-state index contributed by atoms with van der Waals surface area (Å²) in [6, 6.07) is 6.28. The van der Waals surface area contributed by atoms with E-state index in [0.29, 0.717) is 5.92 Å². The second kappa shape index (κ2) is 4.44. The van der Waals surface area contributed by atoms with Gasteiger partial charge in [-0.2, -0.15) is 0 Å². The summed E-state index contributed by atoms with van der Waals surface area (Å²) in [5.41, 5.74) is 2.80. The first kappa shape index (κ1) is 10.8. The Bertz CT molecular complexity index is 346. The Morgan fingerprint density at radius 3 is 2.93 bits per heavy atom. The van der Waals surface area contributed by atoms with Crippen LogP contribution in [0.3, 0.4) is 0 Å². The fourth-order valence-electron chi connectivity index (χ4n) is 2.27. The van der Waals surface area contributed by atoms with Crippen LogP contribution in [0.5, 0.6) is 0 Å². The Hall–Kier alpha value is -0.690. The zero-order valence-corrected chi connectivity index (χ0v) is 10.2. The minimum atomic E-state index is 0.714. The molecule has 1 aliphatic rings. The third kappa shape index (κ3) is 2.46. The minimum Gasteiger partial charge on any atom is -0.371 e. The number of hydrogen-bond donors (Lipinski definition) is 0. The lowest BCUT2D eigenvalue weighted by molar-refractivity contribution is 0.585. The molecule has 0 aromatic heterocycles. The average molecular weight is 224 g/mol. The van der Waals surface area contributed by atoms with Crippen molar-refractivity contribution in [2.24, 2.45) is 5.92 Å². The number of nitrogens with zero attached hydrogens (tertiary/aromatic N) is 1. The number of halogens is 1. The molecule has 0 aliphatic carbocycles. The van der Waals surface area contributed by atoms with Crippen molar-refractivity contribution >= 4 is 17.3 Å². The van der Waals surface area contributed by atoms with Gasteiger partial charge in [0.15, 0.2) is 0 Å². The maximum absolute atomic E-state index is 6.01. The highest BCUT2D eigenvalue weighted by atomic mass is 35.5. The van der Waals surface area contributed by atoms with Crippen LogP contribution in [0.1, 0.15) is 25.8 Å². The quantitative estimate of drug-likeness (QED) is 0.738. The Balaban J connectivity index is 2.26. The van der Waals surface area contributed by atoms with Crippen LogP contribution in [0.2, 0.25) is 5.02 Å². The van der Waals surface area contributed by atoms with Gasteiger partial charge in [0.25, 0.3) is 0 Å². The van der Waals surface area contributed by atoms with E-state index in [4.69, 9.17) is 11.6 Å². The lowest BCUT2D eigenvalue weighted by Gasteiger charge is -2.32. The van der Waals surface area contributed by atoms with Gasteiger partial charge >= 0.3 is 0 Å². The van der Waals surface area contributed by atoms with Gasteiger partial charge in [-0.25, -0.2) is 0 Å². The number of aryl methyl sites for hydroxylation is 1. The van der Waals surface area contributed by atoms with E-state index in [2.05, 4.69) is 30.9 Å². The molecule has 0 radical (unpaired) electrons. The molecule has 0 amide bonds. The maximum atomic E-state index is 6.01. The van der Waals surface area contributed by atoms with Gasteiger partial charge in [-0.3, -0.25) is 0 Å². The first-order chi connectivity index (χ1) is 7.16. The third-order valence-corrected chi connectivity index (χ3v) is 3.08. The predicted octanol–water partition coefficient (Wildman–Crippen LogP) is 3.75. The van der Waals surface area contributed by atoms with Crippen molar-refractivity contribution < 1.29 is 0 Å². The average Bonchev–Trinajstić information content (AvgIpc) is 2.16. The molecule has 1 aromatic carbocycles. The number of benzene rings is 1. The zero-order valence-electron chi connectivity index (χ0n) is 9.46. The van der Waals surface area contributed by atoms with Crippen molar-refractivity contribution in [2.75, 3.05) is 18.0 Å². The molecule has 1 aromatic rings. The van der Waals surface area contributed by atoms with Gasteiger partial charge in [-0.15, -0.1) is 0 Å². The second-order valence-electron chi connectivity index (χ2n) is 4.72. The smallest absolute Gasteiger partial charge is 0.0410 e. The number of anilines is 1. The first-order valence-electron chi connectivity index (χ1n) is 5.70. The van der Waals surface area contributed by atoms with Crippen molar-refractivity contribution in [1.82, 2.24) is 0 Å². The monoisotopic (exact) mass is 223 g/mol. The van der Waals surface area contributed by atoms with E-state index in [-0.39, 0.29) is 0 Å². The summed E-state index contributed by atoms with van der Waals surface area (Å²) in [5.74, 6) is 0.714. The molecule has 0 N–H and O–H groups in total. The molecule has 82 valence electrons. The largest absolute Gasteiger partial charge is 0.371 e. The van der Waals surface area contributed by atoms with E-state index in [1.807, 2.05) is 6.07 Å². The van der Waals surface area contributed by atoms with Crippen LogP contribution in [0.15, 0.2) is 18.2 Å². The van der Waals surface area contributed by atoms with E-state index in [9.17, 15) is 0 Å². The Morgan fingerprint density at radius 2 is 2.20 bits per heavy atom. The SMILES string of the molecule is CC(C)CN1CCCc2cc(Cl)ccc21. The fourth-order valence-corrected chi connectivity index (χ4v) is 2.47. The summed E-state index contributed by atoms with van der Waals surface area (Å²) in [5, 5.41) is 0.861. The van der Waals surface area contributed by atoms with Crippen LogP contribution in [0.4, 0.5) is 5.69 Å². The second-order valence-corrected chi connectivity index (χ2v) is 5.15. The van der Waals surface area contributed by atoms with Crippen LogP contribution in [-0.4, -0.2) is 13.1 Å². The molecular weight excluding hydrogens is 206 g/mol. The number of rotatable bonds is 2. The molecular formula is C13H18ClN. The number of fused-ring (bicyclic) bond motifs is 1. The highest BCUT2D eigenvalue weighted by Crippen LogP contribution is 2.29. The Labute approximate surface area is 97.0 Å². The zero-order chi connectivity index (χ0) is 10.8. The van der Waals surface area contributed by atoms with Crippen LogP contribution >= 0.6 is 11.6 Å². The lowest BCUT2D eigenvalue weighted by atomic mass is 10.0. The maximum Gasteiger partial charge on any atom is 0.0410 e. The predicted molar refractivity (Wildman–Crippen MR) is 66.8 cm³/mol. The van der Waals surface area contributed by atoms with E-state index >= 15 is 0 Å². The normalized spacial score (nSPS) is 15.6. The third-order valence-electron chi connectivity index (χ3n) is 2.84. The van der Waals surface area contributed by atoms with E-state index in [1.165, 1.54) is 30.6 Å². The van der Waals surface area contributed by atoms with Gasteiger partial charge in [-0.1, -0.05) is 25.4 Å². The van der Waals surface area contributed by atoms with Crippen molar-refractivity contribution in [3.63, 3.8) is 0 Å². The van der Waals surface area contributed by atoms with Crippen molar-refractivity contribution in [3.05, 3.63) is 28.8 Å². The molecule has 15 heavy (non-hydrogen) atoms. The molecule has 0 atom stereocenters. The first-order valence-corrected chi connectivity index (χ1v) is 6.08. The summed E-state index contributed by atoms with van der Waals surface area (Å²) in [4.78, 5) is 2.49. The van der Waals surface area contributed by atoms with Gasteiger partial charge in [0.2, 0.25) is 0 Å². The molecule has 0 spiro atoms. The molecule has 1 heterocycles. The summed E-state index contributed by atoms with van der Waals surface area (Å²) >= 11 is 6.01. The van der Waals surface area contributed by atoms with Crippen molar-refractivity contribution in [1.29, 1.82) is 0 Å². The Morgan fingerprint density at radius 1 is 1.40 bits per heavy atom. The molecule has 0 saturated heterocycles. The van der Waals surface area contributed by atoms with E-state index < -0.39 is 0 Å². The standard InChI is InChI=1S/C13H18ClN/c1-10(2)9-15-7-3-4-11-8-12(14)5-6-13(11)15/h5-6,8,10H,3-4,7,9H2,1-2H3. The van der Waals surface area contributed by atoms with Crippen LogP contribution in [-0.2, 0) is 6.42 Å². The highest BCUT2D eigenvalue weighted by Gasteiger charge is 2.17. The fraction of sp³-hybridized carbons (Fsp3) is 0.538. The van der Waals surface area contributed by atoms with Gasteiger partial charge < -0.3 is 4.90 Å². The number of hydrogen-bond acceptors (Lipinski definition) is 1. The van der Waals surface area contributed by atoms with Gasteiger partial charge in [0.05, 0.1) is 0 Å². The van der Waals surface area contributed by atoms with Crippen LogP contribution in [0.25, 0.3) is 0 Å². The molecule has 1 nitrogen and oxygen atoms in total. The summed E-state index contributed by atoms with van der Waals surface area (Å²) in [7, 11) is 0. The highest BCUT2D eigenvalue weighted by molar-refractivity contribution is 6.30. The lowest BCUT2D eigenvalue weighted by Crippen LogP contribution is -2.32. The molecule has 2 heteroatoms. The van der Waals surface area contributed by atoms with Crippen molar-refractivity contribution in [3.8, 4) is 0 Å². The van der Waals surface area contributed by atoms with Gasteiger partial charge in [0, 0.05) is 23.8 Å². The van der Waals surface area contributed by atoms with Crippen LogP contribution in [0, 0.1) is 5.92 Å². The van der Waals surface area contributed by atoms with E-state index in [0.717, 1.165) is 11.6 Å². The molecule has 0 saturated carbocycles. The Kier molecular flexibility index (Phi) is 3.20. The molecule has 0 bridgehead atoms. The molecule has 0 unspecified atom stereocenters. The van der Waals surface area contributed by atoms with Gasteiger partial charge in [0.1, 0.15) is 0 Å². The molecule has 0 fully saturated rings. The summed E-state index contributed by atoms with van der Waals surface area (Å²) < 4.78 is 0. The topological polar surface area (TPSA) is 3.24 Å². The van der Waals surface area contributed by atoms with Crippen molar-refractivity contribution in [2.45, 2.75) is 26.7 Å².